The molecule has 0 atom stereocenters. The highest BCUT2D eigenvalue weighted by atomic mass is 32.2. The number of methoxy groups -OCH3 is 1. The number of hydrogen-bond acceptors (Lipinski definition) is 7. The zero-order chi connectivity index (χ0) is 19.3. The number of primary amides is 1. The average Bonchev–Trinajstić information content (AvgIpc) is 2.62. The second kappa shape index (κ2) is 8.41. The molecule has 1 heterocycles. The van der Waals surface area contributed by atoms with Gasteiger partial charge in [0.15, 0.2) is 9.84 Å². The first kappa shape index (κ1) is 20.1. The maximum absolute atomic E-state index is 11.8. The lowest BCUT2D eigenvalue weighted by atomic mass is 10.1. The number of benzene rings is 1. The van der Waals surface area contributed by atoms with E-state index < -0.39 is 15.7 Å². The van der Waals surface area contributed by atoms with Gasteiger partial charge in [0.1, 0.15) is 5.75 Å². The third kappa shape index (κ3) is 4.67. The number of rotatable bonds is 8. The van der Waals surface area contributed by atoms with E-state index in [-0.39, 0.29) is 5.75 Å². The van der Waals surface area contributed by atoms with E-state index in [1.807, 2.05) is 4.90 Å². The Labute approximate surface area is 154 Å². The minimum Gasteiger partial charge on any atom is -0.495 e. The minimum atomic E-state index is -3.16. The van der Waals surface area contributed by atoms with Crippen LogP contribution in [-0.2, 0) is 9.84 Å². The van der Waals surface area contributed by atoms with Crippen molar-refractivity contribution in [2.75, 3.05) is 56.2 Å². The molecule has 26 heavy (non-hydrogen) atoms. The van der Waals surface area contributed by atoms with Crippen LogP contribution in [0, 0.1) is 0 Å². The van der Waals surface area contributed by atoms with Crippen molar-refractivity contribution in [2.45, 2.75) is 6.42 Å². The molecule has 8 nitrogen and oxygen atoms in total. The summed E-state index contributed by atoms with van der Waals surface area (Å²) in [4.78, 5) is 16.0. The number of hydrogen-bond donors (Lipinski definition) is 2. The fourth-order valence-electron chi connectivity index (χ4n) is 3.07. The molecule has 1 fully saturated rings. The molecule has 1 saturated heterocycles. The summed E-state index contributed by atoms with van der Waals surface area (Å²) in [6.45, 7) is 6.80. The highest BCUT2D eigenvalue weighted by Crippen LogP contribution is 2.36. The third-order valence-corrected chi connectivity index (χ3v) is 5.87. The molecule has 0 aliphatic carbocycles. The summed E-state index contributed by atoms with van der Waals surface area (Å²) >= 11 is 0. The van der Waals surface area contributed by atoms with Gasteiger partial charge >= 0.3 is 0 Å². The molecular formula is C17H26N4O4S. The van der Waals surface area contributed by atoms with Crippen molar-refractivity contribution in [3.8, 4) is 5.75 Å². The summed E-state index contributed by atoms with van der Waals surface area (Å²) in [5.74, 6) is 0.0687. The van der Waals surface area contributed by atoms with E-state index in [1.54, 1.807) is 12.1 Å². The number of piperazine rings is 1. The van der Waals surface area contributed by atoms with E-state index in [2.05, 4.69) is 11.5 Å². The number of ether oxygens (including phenoxy) is 1. The average molecular weight is 382 g/mol. The van der Waals surface area contributed by atoms with Gasteiger partial charge in [-0.15, -0.1) is 0 Å². The molecule has 0 aromatic heterocycles. The van der Waals surface area contributed by atoms with Crippen LogP contribution in [0.3, 0.4) is 0 Å². The molecule has 1 amide bonds. The van der Waals surface area contributed by atoms with Crippen molar-refractivity contribution in [3.63, 3.8) is 0 Å². The Morgan fingerprint density at radius 1 is 1.31 bits per heavy atom. The van der Waals surface area contributed by atoms with E-state index >= 15 is 0 Å². The van der Waals surface area contributed by atoms with Crippen LogP contribution >= 0.6 is 0 Å². The van der Waals surface area contributed by atoms with Crippen LogP contribution in [0.2, 0.25) is 0 Å². The van der Waals surface area contributed by atoms with Gasteiger partial charge in [-0.05, 0) is 25.1 Å². The zero-order valence-corrected chi connectivity index (χ0v) is 15.8. The maximum Gasteiger partial charge on any atom is 0.250 e. The Hall–Kier alpha value is -2.26. The quantitative estimate of drug-likeness (QED) is 0.626. The number of anilines is 2. The van der Waals surface area contributed by atoms with Crippen molar-refractivity contribution < 1.29 is 17.9 Å². The van der Waals surface area contributed by atoms with E-state index in [1.165, 1.54) is 7.11 Å². The van der Waals surface area contributed by atoms with Crippen LogP contribution < -0.4 is 21.1 Å². The van der Waals surface area contributed by atoms with Gasteiger partial charge in [0.05, 0.1) is 29.8 Å². The normalized spacial score (nSPS) is 15.7. The molecule has 0 unspecified atom stereocenters. The SMILES string of the molecule is C=CS(=O)(=O)CCCN1CCN(c2c(C(N)=O)ccc(OC)c2N)CC1. The Morgan fingerprint density at radius 3 is 2.50 bits per heavy atom. The standard InChI is InChI=1S/C17H26N4O4S/c1-3-26(23,24)12-4-7-20-8-10-21(11-9-20)16-13(17(19)22)5-6-14(25-2)15(16)18/h3,5-6H,1,4,7-12,18H2,2H3,(H2,19,22). The van der Waals surface area contributed by atoms with Gasteiger partial charge in [-0.25, -0.2) is 8.42 Å². The number of amides is 1. The highest BCUT2D eigenvalue weighted by molar-refractivity contribution is 7.94. The van der Waals surface area contributed by atoms with Crippen molar-refractivity contribution in [1.82, 2.24) is 4.90 Å². The topological polar surface area (TPSA) is 119 Å². The fourth-order valence-corrected chi connectivity index (χ4v) is 3.77. The second-order valence-corrected chi connectivity index (χ2v) is 8.23. The van der Waals surface area contributed by atoms with E-state index in [0.29, 0.717) is 48.7 Å². The third-order valence-electron chi connectivity index (χ3n) is 4.51. The molecule has 0 spiro atoms. The van der Waals surface area contributed by atoms with Gasteiger partial charge in [-0.3, -0.25) is 9.69 Å². The molecule has 1 aliphatic rings. The van der Waals surface area contributed by atoms with Crippen LogP contribution in [0.25, 0.3) is 0 Å². The summed E-state index contributed by atoms with van der Waals surface area (Å²) < 4.78 is 28.2. The fraction of sp³-hybridized carbons (Fsp3) is 0.471. The summed E-state index contributed by atoms with van der Waals surface area (Å²) in [5.41, 5.74) is 13.0. The molecule has 0 radical (unpaired) electrons. The monoisotopic (exact) mass is 382 g/mol. The lowest BCUT2D eigenvalue weighted by Crippen LogP contribution is -2.47. The number of nitrogens with zero attached hydrogens (tertiary/aromatic N) is 2. The van der Waals surface area contributed by atoms with Crippen LogP contribution in [-0.4, -0.2) is 64.8 Å². The Bertz CT molecular complexity index is 771. The first-order valence-electron chi connectivity index (χ1n) is 8.38. The summed E-state index contributed by atoms with van der Waals surface area (Å²) in [6, 6.07) is 3.26. The molecule has 2 rings (SSSR count). The van der Waals surface area contributed by atoms with Crippen LogP contribution in [0.5, 0.6) is 5.75 Å². The number of nitrogen functional groups attached to an aromatic ring is 1. The highest BCUT2D eigenvalue weighted by Gasteiger charge is 2.24. The number of sulfone groups is 1. The number of carbonyl (C=O) groups excluding carboxylic acids is 1. The van der Waals surface area contributed by atoms with Crippen LogP contribution in [0.15, 0.2) is 24.1 Å². The summed E-state index contributed by atoms with van der Waals surface area (Å²) in [6.07, 6.45) is 0.558. The van der Waals surface area contributed by atoms with Crippen molar-refractivity contribution in [1.29, 1.82) is 0 Å². The van der Waals surface area contributed by atoms with Crippen molar-refractivity contribution in [2.24, 2.45) is 5.73 Å². The Balaban J connectivity index is 2.04. The molecule has 1 aliphatic heterocycles. The second-order valence-electron chi connectivity index (χ2n) is 6.16. The Kier molecular flexibility index (Phi) is 6.49. The first-order chi connectivity index (χ1) is 12.3. The lowest BCUT2D eigenvalue weighted by molar-refractivity contribution is 0.100. The van der Waals surface area contributed by atoms with Crippen LogP contribution in [0.1, 0.15) is 16.8 Å². The molecule has 0 saturated carbocycles. The van der Waals surface area contributed by atoms with Gasteiger partial charge in [0.2, 0.25) is 0 Å². The smallest absolute Gasteiger partial charge is 0.250 e. The summed E-state index contributed by atoms with van der Waals surface area (Å²) in [5, 5.41) is 1.00. The maximum atomic E-state index is 11.8. The van der Waals surface area contributed by atoms with Crippen molar-refractivity contribution >= 4 is 27.1 Å². The first-order valence-corrected chi connectivity index (χ1v) is 10.1. The van der Waals surface area contributed by atoms with E-state index in [0.717, 1.165) is 18.5 Å². The van der Waals surface area contributed by atoms with Gasteiger partial charge in [0.25, 0.3) is 5.91 Å². The van der Waals surface area contributed by atoms with Gasteiger partial charge in [-0.1, -0.05) is 6.58 Å². The lowest BCUT2D eigenvalue weighted by Gasteiger charge is -2.37. The van der Waals surface area contributed by atoms with E-state index in [4.69, 9.17) is 16.2 Å². The molecule has 0 bridgehead atoms. The molecule has 144 valence electrons. The van der Waals surface area contributed by atoms with E-state index in [9.17, 15) is 13.2 Å². The Morgan fingerprint density at radius 2 is 1.96 bits per heavy atom. The summed E-state index contributed by atoms with van der Waals surface area (Å²) in [7, 11) is -1.64. The number of carbonyl (C=O) groups is 1. The minimum absolute atomic E-state index is 0.103. The van der Waals surface area contributed by atoms with Gasteiger partial charge in [-0.2, -0.15) is 0 Å². The molecular weight excluding hydrogens is 356 g/mol. The van der Waals surface area contributed by atoms with Gasteiger partial charge in [0, 0.05) is 31.6 Å². The zero-order valence-electron chi connectivity index (χ0n) is 15.0. The molecule has 9 heteroatoms. The largest absolute Gasteiger partial charge is 0.495 e. The van der Waals surface area contributed by atoms with Crippen LogP contribution in [0.4, 0.5) is 11.4 Å². The number of nitrogens with two attached hydrogens (primary N) is 2. The molecule has 1 aromatic carbocycles. The van der Waals surface area contributed by atoms with Crippen molar-refractivity contribution in [3.05, 3.63) is 29.7 Å². The predicted octanol–water partition coefficient (Wildman–Crippen LogP) is 0.447. The molecule has 4 N–H and O–H groups in total. The predicted molar refractivity (Wildman–Crippen MR) is 103 cm³/mol. The van der Waals surface area contributed by atoms with Gasteiger partial charge < -0.3 is 21.1 Å². The molecule has 1 aromatic rings.